The van der Waals surface area contributed by atoms with Gasteiger partial charge in [0.25, 0.3) is 5.91 Å². The van der Waals surface area contributed by atoms with Crippen LogP contribution in [0.1, 0.15) is 26.0 Å². The monoisotopic (exact) mass is 418 g/mol. The first kappa shape index (κ1) is 20.3. The average Bonchev–Trinajstić information content (AvgIpc) is 3.39. The van der Waals surface area contributed by atoms with Gasteiger partial charge in [0.2, 0.25) is 5.91 Å². The number of amides is 2. The Hall–Kier alpha value is -2.39. The maximum atomic E-state index is 12.9. The van der Waals surface area contributed by atoms with E-state index in [4.69, 9.17) is 16.6 Å². The molecule has 2 aromatic heterocycles. The summed E-state index contributed by atoms with van der Waals surface area (Å²) in [7, 11) is 0. The van der Waals surface area contributed by atoms with Gasteiger partial charge in [-0.05, 0) is 24.5 Å². The first-order valence-corrected chi connectivity index (χ1v) is 10.2. The third kappa shape index (κ3) is 4.71. The van der Waals surface area contributed by atoms with E-state index in [9.17, 15) is 9.59 Å². The number of aryl methyl sites for hydroxylation is 1. The van der Waals surface area contributed by atoms with Gasteiger partial charge in [0.15, 0.2) is 0 Å². The van der Waals surface area contributed by atoms with Gasteiger partial charge in [0, 0.05) is 31.6 Å². The van der Waals surface area contributed by atoms with E-state index in [0.717, 1.165) is 13.0 Å². The van der Waals surface area contributed by atoms with Crippen molar-refractivity contribution in [3.05, 3.63) is 47.8 Å². The van der Waals surface area contributed by atoms with Crippen molar-refractivity contribution in [2.45, 2.75) is 32.9 Å². The van der Waals surface area contributed by atoms with Crippen molar-refractivity contribution in [1.82, 2.24) is 19.8 Å². The number of hydrogen-bond acceptors (Lipinski definition) is 6. The third-order valence-electron chi connectivity index (χ3n) is 4.27. The first-order chi connectivity index (χ1) is 13.5. The maximum absolute atomic E-state index is 12.9. The molecule has 2 aromatic rings. The van der Waals surface area contributed by atoms with Gasteiger partial charge in [-0.1, -0.05) is 37.8 Å². The predicted octanol–water partition coefficient (Wildman–Crippen LogP) is 2.91. The van der Waals surface area contributed by atoms with Crippen molar-refractivity contribution in [3.8, 4) is 0 Å². The molecule has 3 rings (SSSR count). The Balaban J connectivity index is 1.64. The summed E-state index contributed by atoms with van der Waals surface area (Å²) in [5.41, 5.74) is 0. The molecule has 28 heavy (non-hydrogen) atoms. The Morgan fingerprint density at radius 3 is 2.93 bits per heavy atom. The summed E-state index contributed by atoms with van der Waals surface area (Å²) in [6.07, 6.45) is 9.30. The quantitative estimate of drug-likeness (QED) is 0.403. The molecule has 0 aliphatic carbocycles. The minimum absolute atomic E-state index is 0.0842. The van der Waals surface area contributed by atoms with Crippen molar-refractivity contribution in [3.63, 3.8) is 0 Å². The molecule has 1 atom stereocenters. The largest absolute Gasteiger partial charge is 0.465 e. The summed E-state index contributed by atoms with van der Waals surface area (Å²) in [4.78, 5) is 31.6. The highest BCUT2D eigenvalue weighted by atomic mass is 32.2. The molecule has 0 spiro atoms. The molecule has 0 radical (unpaired) electrons. The molecule has 1 saturated heterocycles. The second-order valence-electron chi connectivity index (χ2n) is 6.70. The van der Waals surface area contributed by atoms with Crippen LogP contribution in [0.25, 0.3) is 6.08 Å². The molecule has 3 heterocycles. The van der Waals surface area contributed by atoms with Crippen LogP contribution in [0.4, 0.5) is 0 Å². The van der Waals surface area contributed by atoms with Crippen molar-refractivity contribution in [2.75, 3.05) is 6.54 Å². The summed E-state index contributed by atoms with van der Waals surface area (Å²) < 4.78 is 7.61. The van der Waals surface area contributed by atoms with Gasteiger partial charge in [0.05, 0.1) is 17.5 Å². The minimum atomic E-state index is -0.650. The van der Waals surface area contributed by atoms with E-state index in [1.807, 2.05) is 24.6 Å². The second kappa shape index (κ2) is 9.20. The number of furan rings is 1. The average molecular weight is 419 g/mol. The van der Waals surface area contributed by atoms with Crippen LogP contribution < -0.4 is 5.32 Å². The summed E-state index contributed by atoms with van der Waals surface area (Å²) in [6.45, 7) is 5.09. The fraction of sp³-hybridized carbons (Fsp3) is 0.368. The topological polar surface area (TPSA) is 80.4 Å². The molecule has 7 nitrogen and oxygen atoms in total. The molecule has 1 aliphatic heterocycles. The first-order valence-electron chi connectivity index (χ1n) is 9.01. The number of thioether (sulfide) groups is 1. The van der Waals surface area contributed by atoms with Crippen LogP contribution in [-0.4, -0.2) is 43.2 Å². The number of hydrogen-bond donors (Lipinski definition) is 1. The molecule has 148 valence electrons. The normalized spacial score (nSPS) is 17.0. The SMILES string of the molecule is CC(C)[C@H](C(=O)NCCCn1ccnc1)N1C(=O)/C(=C\c2ccco2)SC1=S. The third-order valence-corrected chi connectivity index (χ3v) is 5.60. The highest BCUT2D eigenvalue weighted by molar-refractivity contribution is 8.26. The van der Waals surface area contributed by atoms with Gasteiger partial charge in [-0.3, -0.25) is 14.5 Å². The lowest BCUT2D eigenvalue weighted by Gasteiger charge is -2.29. The zero-order valence-corrected chi connectivity index (χ0v) is 17.3. The van der Waals surface area contributed by atoms with Gasteiger partial charge < -0.3 is 14.3 Å². The standard InChI is InChI=1S/C19H22N4O3S2/c1-13(2)16(17(24)21-6-4-8-22-9-7-20-12-22)23-18(25)15(28-19(23)27)11-14-5-3-10-26-14/h3,5,7,9-13,16H,4,6,8H2,1-2H3,(H,21,24)/b15-11+/t16-/m1/s1. The lowest BCUT2D eigenvalue weighted by atomic mass is 10.0. The number of aromatic nitrogens is 2. The molecular formula is C19H22N4O3S2. The molecule has 9 heteroatoms. The number of nitrogens with zero attached hydrogens (tertiary/aromatic N) is 3. The minimum Gasteiger partial charge on any atom is -0.465 e. The van der Waals surface area contributed by atoms with E-state index in [1.165, 1.54) is 16.7 Å². The van der Waals surface area contributed by atoms with Crippen LogP contribution in [0, 0.1) is 5.92 Å². The highest BCUT2D eigenvalue weighted by Crippen LogP contribution is 2.35. The van der Waals surface area contributed by atoms with Crippen molar-refractivity contribution in [1.29, 1.82) is 0 Å². The number of carbonyl (C=O) groups is 2. The fourth-order valence-corrected chi connectivity index (χ4v) is 4.25. The zero-order chi connectivity index (χ0) is 20.1. The van der Waals surface area contributed by atoms with Crippen LogP contribution in [-0.2, 0) is 16.1 Å². The van der Waals surface area contributed by atoms with Gasteiger partial charge in [-0.2, -0.15) is 0 Å². The molecule has 0 unspecified atom stereocenters. The number of nitrogens with one attached hydrogen (secondary N) is 1. The van der Waals surface area contributed by atoms with Crippen molar-refractivity contribution < 1.29 is 14.0 Å². The number of rotatable bonds is 8. The molecule has 1 fully saturated rings. The van der Waals surface area contributed by atoms with Gasteiger partial charge in [-0.25, -0.2) is 4.98 Å². The van der Waals surface area contributed by atoms with E-state index in [2.05, 4.69) is 10.3 Å². The van der Waals surface area contributed by atoms with E-state index in [1.54, 1.807) is 37.0 Å². The van der Waals surface area contributed by atoms with Crippen molar-refractivity contribution in [2.24, 2.45) is 5.92 Å². The molecule has 0 bridgehead atoms. The Labute approximate surface area is 173 Å². The zero-order valence-electron chi connectivity index (χ0n) is 15.7. The summed E-state index contributed by atoms with van der Waals surface area (Å²) >= 11 is 6.59. The van der Waals surface area contributed by atoms with Gasteiger partial charge in [-0.15, -0.1) is 0 Å². The molecule has 2 amide bonds. The van der Waals surface area contributed by atoms with E-state index >= 15 is 0 Å². The van der Waals surface area contributed by atoms with E-state index < -0.39 is 6.04 Å². The Kier molecular flexibility index (Phi) is 6.69. The van der Waals surface area contributed by atoms with Crippen LogP contribution in [0.2, 0.25) is 0 Å². The molecular weight excluding hydrogens is 396 g/mol. The summed E-state index contributed by atoms with van der Waals surface area (Å²) in [5.74, 6) is 0.0273. The maximum Gasteiger partial charge on any atom is 0.267 e. The lowest BCUT2D eigenvalue weighted by molar-refractivity contribution is -0.134. The van der Waals surface area contributed by atoms with Crippen LogP contribution >= 0.6 is 24.0 Å². The Morgan fingerprint density at radius 2 is 2.29 bits per heavy atom. The van der Waals surface area contributed by atoms with Crippen LogP contribution in [0.5, 0.6) is 0 Å². The van der Waals surface area contributed by atoms with E-state index in [-0.39, 0.29) is 17.7 Å². The number of thiocarbonyl (C=S) groups is 1. The second-order valence-corrected chi connectivity index (χ2v) is 8.38. The van der Waals surface area contributed by atoms with Gasteiger partial charge in [0.1, 0.15) is 16.1 Å². The molecule has 0 saturated carbocycles. The highest BCUT2D eigenvalue weighted by Gasteiger charge is 2.41. The lowest BCUT2D eigenvalue weighted by Crippen LogP contribution is -2.51. The number of imidazole rings is 1. The molecule has 1 N–H and O–H groups in total. The smallest absolute Gasteiger partial charge is 0.267 e. The summed E-state index contributed by atoms with van der Waals surface area (Å²) in [5, 5.41) is 2.93. The van der Waals surface area contributed by atoms with Crippen LogP contribution in [0.15, 0.2) is 46.4 Å². The molecule has 0 aromatic carbocycles. The Bertz CT molecular complexity index is 860. The Morgan fingerprint density at radius 1 is 1.46 bits per heavy atom. The van der Waals surface area contributed by atoms with Gasteiger partial charge >= 0.3 is 0 Å². The fourth-order valence-electron chi connectivity index (χ4n) is 2.94. The predicted molar refractivity (Wildman–Crippen MR) is 112 cm³/mol. The molecule has 1 aliphatic rings. The van der Waals surface area contributed by atoms with Crippen LogP contribution in [0.3, 0.4) is 0 Å². The van der Waals surface area contributed by atoms with E-state index in [0.29, 0.717) is 21.5 Å². The summed E-state index contributed by atoms with van der Waals surface area (Å²) in [6, 6.07) is 2.86. The van der Waals surface area contributed by atoms with Crippen molar-refractivity contribution >= 4 is 46.2 Å². The number of carbonyl (C=O) groups excluding carboxylic acids is 2.